The Morgan fingerprint density at radius 2 is 2.21 bits per heavy atom. The Kier molecular flexibility index (Phi) is 3.76. The lowest BCUT2D eigenvalue weighted by molar-refractivity contribution is -0.122. The van der Waals surface area contributed by atoms with Crippen molar-refractivity contribution in [3.63, 3.8) is 0 Å². The number of nitrogens with zero attached hydrogens (tertiary/aromatic N) is 2. The molecule has 1 amide bonds. The molecule has 1 fully saturated rings. The Morgan fingerprint density at radius 1 is 1.53 bits per heavy atom. The number of nitriles is 1. The normalized spacial score (nSPS) is 22.2. The van der Waals surface area contributed by atoms with Crippen LogP contribution in [0.2, 0.25) is 0 Å². The van der Waals surface area contributed by atoms with Crippen LogP contribution >= 0.6 is 11.3 Å². The van der Waals surface area contributed by atoms with Crippen molar-refractivity contribution in [1.82, 2.24) is 10.3 Å². The fraction of sp³-hybridized carbons (Fsp3) is 0.615. The summed E-state index contributed by atoms with van der Waals surface area (Å²) in [6.45, 7) is 6.36. The average Bonchev–Trinajstić information content (AvgIpc) is 2.70. The molecule has 102 valence electrons. The highest BCUT2D eigenvalue weighted by molar-refractivity contribution is 7.15. The maximum Gasteiger partial charge on any atom is 0.229 e. The molecule has 19 heavy (non-hydrogen) atoms. The van der Waals surface area contributed by atoms with Gasteiger partial charge in [-0.2, -0.15) is 5.26 Å². The molecule has 1 aliphatic carbocycles. The molecule has 2 N–H and O–H groups in total. The summed E-state index contributed by atoms with van der Waals surface area (Å²) in [4.78, 5) is 17.3. The van der Waals surface area contributed by atoms with Gasteiger partial charge in [-0.15, -0.1) is 11.3 Å². The summed E-state index contributed by atoms with van der Waals surface area (Å²) in [6.07, 6.45) is 5.17. The van der Waals surface area contributed by atoms with Crippen LogP contribution in [0.4, 0.5) is 5.13 Å². The number of thiazole rings is 1. The number of aromatic nitrogens is 1. The number of hydrogen-bond donors (Lipinski definition) is 2. The monoisotopic (exact) mass is 278 g/mol. The number of hydrogen-bond acceptors (Lipinski definition) is 5. The van der Waals surface area contributed by atoms with E-state index in [2.05, 4.69) is 36.4 Å². The molecule has 0 aliphatic heterocycles. The topological polar surface area (TPSA) is 77.8 Å². The summed E-state index contributed by atoms with van der Waals surface area (Å²) in [6, 6.07) is 0.155. The van der Waals surface area contributed by atoms with Gasteiger partial charge in [0.05, 0.1) is 0 Å². The summed E-state index contributed by atoms with van der Waals surface area (Å²) in [5.74, 6) is -0.00126. The van der Waals surface area contributed by atoms with E-state index in [4.69, 9.17) is 5.26 Å². The molecule has 6 heteroatoms. The molecule has 1 aromatic rings. The van der Waals surface area contributed by atoms with Gasteiger partial charge < -0.3 is 10.6 Å². The van der Waals surface area contributed by atoms with Crippen LogP contribution in [0.15, 0.2) is 6.20 Å². The molecule has 0 atom stereocenters. The third-order valence-corrected chi connectivity index (χ3v) is 4.59. The second-order valence-corrected chi connectivity index (χ2v) is 6.92. The van der Waals surface area contributed by atoms with Crippen LogP contribution in [-0.2, 0) is 10.2 Å². The van der Waals surface area contributed by atoms with E-state index in [1.807, 2.05) is 12.4 Å². The van der Waals surface area contributed by atoms with Crippen LogP contribution in [-0.4, -0.2) is 16.9 Å². The van der Waals surface area contributed by atoms with E-state index >= 15 is 0 Å². The Balaban J connectivity index is 1.87. The van der Waals surface area contributed by atoms with Crippen LogP contribution in [0.1, 0.15) is 38.5 Å². The smallest absolute Gasteiger partial charge is 0.229 e. The number of carbonyl (C=O) groups is 1. The number of rotatable bonds is 3. The molecular weight excluding hydrogens is 260 g/mol. The number of nitrogens with one attached hydrogen (secondary N) is 2. The van der Waals surface area contributed by atoms with Gasteiger partial charge in [-0.25, -0.2) is 4.98 Å². The molecule has 0 unspecified atom stereocenters. The first-order chi connectivity index (χ1) is 8.90. The zero-order valence-corrected chi connectivity index (χ0v) is 12.2. The van der Waals surface area contributed by atoms with Crippen LogP contribution in [0, 0.1) is 17.4 Å². The van der Waals surface area contributed by atoms with Crippen LogP contribution in [0.3, 0.4) is 0 Å². The van der Waals surface area contributed by atoms with Crippen molar-refractivity contribution in [1.29, 1.82) is 5.26 Å². The van der Waals surface area contributed by atoms with E-state index in [1.165, 1.54) is 11.3 Å². The molecule has 1 saturated carbocycles. The van der Waals surface area contributed by atoms with E-state index in [0.29, 0.717) is 5.13 Å². The van der Waals surface area contributed by atoms with Crippen molar-refractivity contribution in [2.75, 3.05) is 5.32 Å². The second kappa shape index (κ2) is 5.17. The lowest BCUT2D eigenvalue weighted by Crippen LogP contribution is -2.44. The zero-order chi connectivity index (χ0) is 14.0. The lowest BCUT2D eigenvalue weighted by atomic mass is 9.80. The maximum atomic E-state index is 11.9. The molecule has 5 nitrogen and oxygen atoms in total. The third-order valence-electron chi connectivity index (χ3n) is 3.25. The minimum atomic E-state index is -0.00663. The molecule has 0 saturated heterocycles. The standard InChI is InChI=1S/C13H18N4OS/c1-13(2,3)10-6-15-12(19-10)17-11(18)8-4-9(5-8)16-7-14/h6,8-9,16H,4-5H2,1-3H3,(H,15,17,18)/t8-,9+. The number of carbonyl (C=O) groups excluding carboxylic acids is 1. The van der Waals surface area contributed by atoms with Crippen molar-refractivity contribution in [3.05, 3.63) is 11.1 Å². The summed E-state index contributed by atoms with van der Waals surface area (Å²) < 4.78 is 0. The largest absolute Gasteiger partial charge is 0.321 e. The van der Waals surface area contributed by atoms with Gasteiger partial charge in [0, 0.05) is 23.0 Å². The molecule has 0 radical (unpaired) electrons. The lowest BCUT2D eigenvalue weighted by Gasteiger charge is -2.32. The molecule has 1 heterocycles. The van der Waals surface area contributed by atoms with E-state index in [9.17, 15) is 4.79 Å². The van der Waals surface area contributed by atoms with Gasteiger partial charge in [0.25, 0.3) is 0 Å². The van der Waals surface area contributed by atoms with E-state index in [-0.39, 0.29) is 23.3 Å². The minimum absolute atomic E-state index is 0.00537. The Bertz CT molecular complexity index is 505. The highest BCUT2D eigenvalue weighted by atomic mass is 32.1. The SMILES string of the molecule is CC(C)(C)c1cnc(NC(=O)[C@H]2C[C@@H](NC#N)C2)s1. The summed E-state index contributed by atoms with van der Waals surface area (Å²) in [5.41, 5.74) is 0.0545. The first-order valence-corrected chi connectivity index (χ1v) is 7.13. The van der Waals surface area contributed by atoms with Gasteiger partial charge in [0.1, 0.15) is 0 Å². The highest BCUT2D eigenvalue weighted by Crippen LogP contribution is 2.32. The van der Waals surface area contributed by atoms with Gasteiger partial charge in [0.2, 0.25) is 5.91 Å². The summed E-state index contributed by atoms with van der Waals surface area (Å²) in [7, 11) is 0. The van der Waals surface area contributed by atoms with Crippen molar-refractivity contribution in [2.45, 2.75) is 45.1 Å². The minimum Gasteiger partial charge on any atom is -0.321 e. The van der Waals surface area contributed by atoms with Crippen LogP contribution < -0.4 is 10.6 Å². The van der Waals surface area contributed by atoms with E-state index in [0.717, 1.165) is 17.7 Å². The zero-order valence-electron chi connectivity index (χ0n) is 11.4. The third kappa shape index (κ3) is 3.24. The molecule has 2 rings (SSSR count). The van der Waals surface area contributed by atoms with E-state index in [1.54, 1.807) is 0 Å². The van der Waals surface area contributed by atoms with Gasteiger partial charge in [0.15, 0.2) is 11.3 Å². The quantitative estimate of drug-likeness (QED) is 0.656. The van der Waals surface area contributed by atoms with Gasteiger partial charge in [-0.1, -0.05) is 20.8 Å². The average molecular weight is 278 g/mol. The van der Waals surface area contributed by atoms with Crippen molar-refractivity contribution in [2.24, 2.45) is 5.92 Å². The second-order valence-electron chi connectivity index (χ2n) is 5.89. The molecule has 1 aliphatic rings. The van der Waals surface area contributed by atoms with Crippen LogP contribution in [0.25, 0.3) is 0 Å². The van der Waals surface area contributed by atoms with Crippen molar-refractivity contribution >= 4 is 22.4 Å². The summed E-state index contributed by atoms with van der Waals surface area (Å²) >= 11 is 1.52. The fourth-order valence-electron chi connectivity index (χ4n) is 1.93. The molecule has 0 aromatic carbocycles. The first-order valence-electron chi connectivity index (χ1n) is 6.32. The van der Waals surface area contributed by atoms with Gasteiger partial charge >= 0.3 is 0 Å². The van der Waals surface area contributed by atoms with Crippen molar-refractivity contribution in [3.8, 4) is 6.19 Å². The van der Waals surface area contributed by atoms with Gasteiger partial charge in [-0.3, -0.25) is 4.79 Å². The van der Waals surface area contributed by atoms with Crippen molar-refractivity contribution < 1.29 is 4.79 Å². The van der Waals surface area contributed by atoms with Crippen LogP contribution in [0.5, 0.6) is 0 Å². The van der Waals surface area contributed by atoms with E-state index < -0.39 is 0 Å². The molecular formula is C13H18N4OS. The summed E-state index contributed by atoms with van der Waals surface area (Å²) in [5, 5.41) is 14.7. The molecule has 1 aromatic heterocycles. The predicted molar refractivity (Wildman–Crippen MR) is 74.7 cm³/mol. The highest BCUT2D eigenvalue weighted by Gasteiger charge is 2.34. The Morgan fingerprint density at radius 3 is 2.74 bits per heavy atom. The predicted octanol–water partition coefficient (Wildman–Crippen LogP) is 2.23. The number of anilines is 1. The van der Waals surface area contributed by atoms with Gasteiger partial charge in [-0.05, 0) is 18.3 Å². The first kappa shape index (κ1) is 13.8. The molecule has 0 bridgehead atoms. The maximum absolute atomic E-state index is 11.9. The Hall–Kier alpha value is -1.61. The fourth-order valence-corrected chi connectivity index (χ4v) is 2.80. The molecule has 0 spiro atoms. The number of amides is 1. The Labute approximate surface area is 117 Å².